The van der Waals surface area contributed by atoms with Gasteiger partial charge in [-0.2, -0.15) is 0 Å². The van der Waals surface area contributed by atoms with Crippen LogP contribution < -0.4 is 0 Å². The first-order chi connectivity index (χ1) is 5.61. The fourth-order valence-corrected chi connectivity index (χ4v) is 1.10. The van der Waals surface area contributed by atoms with Crippen molar-refractivity contribution in [2.24, 2.45) is 0 Å². The van der Waals surface area contributed by atoms with E-state index in [4.69, 9.17) is 0 Å². The highest BCUT2D eigenvalue weighted by molar-refractivity contribution is 5.94. The van der Waals surface area contributed by atoms with Crippen molar-refractivity contribution >= 4 is 5.78 Å². The first-order valence-corrected chi connectivity index (χ1v) is 4.22. The fourth-order valence-electron chi connectivity index (χ4n) is 1.10. The number of Topliss-reactive ketones (excluding diaryl/α,β-unsaturated/α-hetero) is 1. The second kappa shape index (κ2) is 4.80. The van der Waals surface area contributed by atoms with Crippen LogP contribution in [0.15, 0.2) is 24.3 Å². The molecule has 13 heavy (non-hydrogen) atoms. The molecule has 1 heteroatoms. The van der Waals surface area contributed by atoms with Gasteiger partial charge in [0, 0.05) is 5.56 Å². The summed E-state index contributed by atoms with van der Waals surface area (Å²) in [4.78, 5) is 10.9. The van der Waals surface area contributed by atoms with Crippen LogP contribution in [0.5, 0.6) is 0 Å². The summed E-state index contributed by atoms with van der Waals surface area (Å²) in [6.45, 7) is 5.87. The molecule has 0 saturated heterocycles. The molecule has 0 amide bonds. The highest BCUT2D eigenvalue weighted by atomic mass is 16.1. The molecule has 0 unspecified atom stereocenters. The monoisotopic (exact) mass is 178 g/mol. The molecule has 1 aromatic carbocycles. The Morgan fingerprint density at radius 3 is 1.92 bits per heavy atom. The molecule has 0 bridgehead atoms. The number of ketones is 1. The van der Waals surface area contributed by atoms with E-state index in [1.807, 2.05) is 24.3 Å². The van der Waals surface area contributed by atoms with Crippen molar-refractivity contribution in [3.8, 4) is 0 Å². The molecule has 1 rings (SSSR count). The van der Waals surface area contributed by atoms with Gasteiger partial charge in [0.15, 0.2) is 5.78 Å². The molecule has 0 atom stereocenters. The van der Waals surface area contributed by atoms with Gasteiger partial charge < -0.3 is 0 Å². The Bertz CT molecular complexity index is 270. The molecule has 0 fully saturated rings. The topological polar surface area (TPSA) is 17.1 Å². The Hall–Kier alpha value is -1.11. The maximum atomic E-state index is 10.9. The van der Waals surface area contributed by atoms with Crippen molar-refractivity contribution in [1.29, 1.82) is 0 Å². The normalized spacial score (nSPS) is 9.54. The van der Waals surface area contributed by atoms with Crippen molar-refractivity contribution in [1.82, 2.24) is 0 Å². The highest BCUT2D eigenvalue weighted by Crippen LogP contribution is 2.14. The summed E-state index contributed by atoms with van der Waals surface area (Å²) in [6.07, 6.45) is 0. The van der Waals surface area contributed by atoms with Gasteiger partial charge >= 0.3 is 0 Å². The quantitative estimate of drug-likeness (QED) is 0.632. The van der Waals surface area contributed by atoms with E-state index in [-0.39, 0.29) is 13.2 Å². The van der Waals surface area contributed by atoms with Crippen LogP contribution in [-0.4, -0.2) is 5.78 Å². The number of hydrogen-bond donors (Lipinski definition) is 0. The van der Waals surface area contributed by atoms with E-state index in [1.165, 1.54) is 5.56 Å². The van der Waals surface area contributed by atoms with Gasteiger partial charge in [-0.25, -0.2) is 0 Å². The first-order valence-electron chi connectivity index (χ1n) is 4.22. The predicted octanol–water partition coefficient (Wildman–Crippen LogP) is 3.65. The van der Waals surface area contributed by atoms with Crippen molar-refractivity contribution in [2.75, 3.05) is 0 Å². The van der Waals surface area contributed by atoms with Crippen LogP contribution in [0.3, 0.4) is 0 Å². The summed E-state index contributed by atoms with van der Waals surface area (Å²) >= 11 is 0. The average Bonchev–Trinajstić information content (AvgIpc) is 2.04. The fraction of sp³-hybridized carbons (Fsp3) is 0.417. The van der Waals surface area contributed by atoms with Crippen LogP contribution in [0, 0.1) is 0 Å². The van der Waals surface area contributed by atoms with E-state index in [0.29, 0.717) is 5.92 Å². The third kappa shape index (κ3) is 3.02. The molecular weight excluding hydrogens is 160 g/mol. The van der Waals surface area contributed by atoms with Gasteiger partial charge in [0.05, 0.1) is 0 Å². The highest BCUT2D eigenvalue weighted by Gasteiger charge is 2.00. The Morgan fingerprint density at radius 2 is 1.62 bits per heavy atom. The van der Waals surface area contributed by atoms with Crippen LogP contribution >= 0.6 is 0 Å². The Kier molecular flexibility index (Phi) is 4.39. The molecule has 0 aromatic heterocycles. The molecule has 72 valence electrons. The van der Waals surface area contributed by atoms with Gasteiger partial charge in [0.1, 0.15) is 0 Å². The lowest BCUT2D eigenvalue weighted by atomic mass is 10.0. The summed E-state index contributed by atoms with van der Waals surface area (Å²) in [5, 5.41) is 0. The van der Waals surface area contributed by atoms with Gasteiger partial charge in [0.2, 0.25) is 0 Å². The molecule has 0 spiro atoms. The van der Waals surface area contributed by atoms with E-state index in [2.05, 4.69) is 13.8 Å². The number of rotatable bonds is 2. The number of benzene rings is 1. The van der Waals surface area contributed by atoms with Crippen molar-refractivity contribution in [2.45, 2.75) is 34.1 Å². The van der Waals surface area contributed by atoms with Crippen molar-refractivity contribution in [3.05, 3.63) is 35.4 Å². The van der Waals surface area contributed by atoms with Crippen LogP contribution in [-0.2, 0) is 0 Å². The second-order valence-electron chi connectivity index (χ2n) is 3.33. The van der Waals surface area contributed by atoms with Crippen molar-refractivity contribution in [3.63, 3.8) is 0 Å². The van der Waals surface area contributed by atoms with E-state index >= 15 is 0 Å². The zero-order valence-corrected chi connectivity index (χ0v) is 7.79. The summed E-state index contributed by atoms with van der Waals surface area (Å²) in [5.41, 5.74) is 2.07. The minimum atomic E-state index is 0. The standard InChI is InChI=1S/C11H14O.CH4/c1-8(2)10-4-6-11(7-5-10)9(3)12;/h4-8H,1-3H3;1H4. The molecule has 0 aliphatic heterocycles. The third-order valence-electron chi connectivity index (χ3n) is 1.98. The largest absolute Gasteiger partial charge is 0.295 e. The molecule has 1 aromatic rings. The maximum Gasteiger partial charge on any atom is 0.159 e. The smallest absolute Gasteiger partial charge is 0.159 e. The van der Waals surface area contributed by atoms with Crippen LogP contribution in [0.2, 0.25) is 0 Å². The van der Waals surface area contributed by atoms with Crippen LogP contribution in [0.4, 0.5) is 0 Å². The molecule has 0 heterocycles. The Balaban J connectivity index is 0.00000144. The van der Waals surface area contributed by atoms with Crippen molar-refractivity contribution < 1.29 is 4.79 Å². The second-order valence-corrected chi connectivity index (χ2v) is 3.33. The van der Waals surface area contributed by atoms with Gasteiger partial charge in [-0.3, -0.25) is 4.79 Å². The van der Waals surface area contributed by atoms with E-state index < -0.39 is 0 Å². The van der Waals surface area contributed by atoms with Crippen LogP contribution in [0.25, 0.3) is 0 Å². The van der Waals surface area contributed by atoms with Gasteiger partial charge in [-0.05, 0) is 18.4 Å². The third-order valence-corrected chi connectivity index (χ3v) is 1.98. The lowest BCUT2D eigenvalue weighted by molar-refractivity contribution is 0.101. The van der Waals surface area contributed by atoms with E-state index in [9.17, 15) is 4.79 Å². The minimum absolute atomic E-state index is 0. The zero-order valence-electron chi connectivity index (χ0n) is 7.79. The number of carbonyl (C=O) groups is 1. The minimum Gasteiger partial charge on any atom is -0.295 e. The van der Waals surface area contributed by atoms with Gasteiger partial charge in [-0.1, -0.05) is 45.5 Å². The summed E-state index contributed by atoms with van der Waals surface area (Å²) in [7, 11) is 0. The lowest BCUT2D eigenvalue weighted by Gasteiger charge is -2.04. The average molecular weight is 178 g/mol. The molecule has 1 nitrogen and oxygen atoms in total. The molecule has 0 radical (unpaired) electrons. The summed E-state index contributed by atoms with van der Waals surface area (Å²) < 4.78 is 0. The van der Waals surface area contributed by atoms with Gasteiger partial charge in [-0.15, -0.1) is 0 Å². The molecule has 0 aliphatic carbocycles. The Labute approximate surface area is 80.8 Å². The molecule has 0 N–H and O–H groups in total. The lowest BCUT2D eigenvalue weighted by Crippen LogP contribution is -1.93. The molecule has 0 saturated carbocycles. The molecule has 0 aliphatic rings. The Morgan fingerprint density at radius 1 is 1.15 bits per heavy atom. The molecular formula is C12H18O. The SMILES string of the molecule is C.CC(=O)c1ccc(C(C)C)cc1. The first kappa shape index (κ1) is 11.9. The number of hydrogen-bond acceptors (Lipinski definition) is 1. The summed E-state index contributed by atoms with van der Waals surface area (Å²) in [6, 6.07) is 7.80. The number of carbonyl (C=O) groups excluding carboxylic acids is 1. The summed E-state index contributed by atoms with van der Waals surface area (Å²) in [5.74, 6) is 0.663. The predicted molar refractivity (Wildman–Crippen MR) is 57.3 cm³/mol. The van der Waals surface area contributed by atoms with E-state index in [1.54, 1.807) is 6.92 Å². The maximum absolute atomic E-state index is 10.9. The van der Waals surface area contributed by atoms with E-state index in [0.717, 1.165) is 5.56 Å². The van der Waals surface area contributed by atoms with Crippen LogP contribution in [0.1, 0.15) is 50.0 Å². The zero-order chi connectivity index (χ0) is 9.14. The van der Waals surface area contributed by atoms with Gasteiger partial charge in [0.25, 0.3) is 0 Å².